The van der Waals surface area contributed by atoms with E-state index in [-0.39, 0.29) is 5.54 Å². The van der Waals surface area contributed by atoms with Gasteiger partial charge in [-0.2, -0.15) is 4.57 Å². The van der Waals surface area contributed by atoms with E-state index in [9.17, 15) is 0 Å². The minimum Gasteiger partial charge on any atom is -0.294 e. The zero-order valence-electron chi connectivity index (χ0n) is 31.6. The zero-order chi connectivity index (χ0) is 37.0. The molecule has 0 atom stereocenters. The summed E-state index contributed by atoms with van der Waals surface area (Å²) in [5.41, 5.74) is 11.1. The Morgan fingerprint density at radius 1 is 0.537 bits per heavy atom. The Morgan fingerprint density at radius 3 is 1.85 bits per heavy atom. The second kappa shape index (κ2) is 13.0. The summed E-state index contributed by atoms with van der Waals surface area (Å²) >= 11 is 0. The van der Waals surface area contributed by atoms with Crippen LogP contribution in [0.15, 0.2) is 176 Å². The van der Waals surface area contributed by atoms with Gasteiger partial charge in [-0.05, 0) is 103 Å². The maximum Gasteiger partial charge on any atom is 0.250 e. The molecule has 4 nitrogen and oxygen atoms in total. The van der Waals surface area contributed by atoms with Crippen molar-refractivity contribution in [1.29, 1.82) is 0 Å². The van der Waals surface area contributed by atoms with Gasteiger partial charge < -0.3 is 0 Å². The third-order valence-corrected chi connectivity index (χ3v) is 11.1. The van der Waals surface area contributed by atoms with Gasteiger partial charge >= 0.3 is 0 Å². The fourth-order valence-electron chi connectivity index (χ4n) is 8.48. The molecular formula is C50H45N4+. The molecule has 0 radical (unpaired) electrons. The number of nitrogens with zero attached hydrogens (tertiary/aromatic N) is 4. The predicted molar refractivity (Wildman–Crippen MR) is 223 cm³/mol. The summed E-state index contributed by atoms with van der Waals surface area (Å²) in [4.78, 5) is 4.98. The van der Waals surface area contributed by atoms with Gasteiger partial charge in [-0.3, -0.25) is 4.57 Å². The number of imidazole rings is 1. The first-order chi connectivity index (χ1) is 26.2. The Labute approximate surface area is 317 Å². The molecule has 6 aromatic carbocycles. The van der Waals surface area contributed by atoms with Gasteiger partial charge in [0, 0.05) is 17.0 Å². The van der Waals surface area contributed by atoms with E-state index in [1.165, 1.54) is 49.6 Å². The molecule has 9 rings (SSSR count). The molecule has 54 heavy (non-hydrogen) atoms. The molecule has 3 aromatic heterocycles. The highest BCUT2D eigenvalue weighted by molar-refractivity contribution is 6.09. The summed E-state index contributed by atoms with van der Waals surface area (Å²) < 4.78 is 7.08. The lowest BCUT2D eigenvalue weighted by atomic mass is 9.65. The van der Waals surface area contributed by atoms with Crippen LogP contribution in [-0.2, 0) is 11.0 Å². The normalized spacial score (nSPS) is 12.3. The van der Waals surface area contributed by atoms with Gasteiger partial charge in [0.05, 0.1) is 16.4 Å². The molecule has 0 bridgehead atoms. The molecule has 0 spiro atoms. The maximum atomic E-state index is 4.98. The van der Waals surface area contributed by atoms with Crippen LogP contribution in [0.4, 0.5) is 0 Å². The van der Waals surface area contributed by atoms with Crippen molar-refractivity contribution in [3.8, 4) is 11.5 Å². The molecule has 0 fully saturated rings. The summed E-state index contributed by atoms with van der Waals surface area (Å²) in [5.74, 6) is 1.32. The SMILES string of the molecule is CC(C)c1ccnc(-n2c3ccccc3c3ccc(C(c4ccccc4)(c4ccccc4)c4cccc(-n5c[n+](C(C)(C)C)c6ccccc65)c4)cc32)c1. The quantitative estimate of drug-likeness (QED) is 0.120. The first kappa shape index (κ1) is 33.6. The van der Waals surface area contributed by atoms with Crippen molar-refractivity contribution < 1.29 is 4.57 Å². The van der Waals surface area contributed by atoms with Crippen molar-refractivity contribution in [2.45, 2.75) is 51.5 Å². The number of hydrogen-bond acceptors (Lipinski definition) is 1. The van der Waals surface area contributed by atoms with Crippen LogP contribution in [0, 0.1) is 0 Å². The number of rotatable bonds is 7. The minimum atomic E-state index is -0.649. The van der Waals surface area contributed by atoms with Crippen LogP contribution in [0.1, 0.15) is 68.4 Å². The lowest BCUT2D eigenvalue weighted by Gasteiger charge is -2.37. The van der Waals surface area contributed by atoms with Crippen molar-refractivity contribution in [3.63, 3.8) is 0 Å². The van der Waals surface area contributed by atoms with E-state index in [0.717, 1.165) is 22.5 Å². The molecule has 0 saturated carbocycles. The number of pyridine rings is 1. The smallest absolute Gasteiger partial charge is 0.250 e. The Balaban J connectivity index is 1.37. The van der Waals surface area contributed by atoms with Gasteiger partial charge in [0.2, 0.25) is 6.33 Å². The molecule has 3 heterocycles. The first-order valence-corrected chi connectivity index (χ1v) is 19.0. The Bertz CT molecular complexity index is 2740. The van der Waals surface area contributed by atoms with E-state index >= 15 is 0 Å². The van der Waals surface area contributed by atoms with Crippen LogP contribution in [0.3, 0.4) is 0 Å². The topological polar surface area (TPSA) is 26.6 Å². The van der Waals surface area contributed by atoms with Crippen molar-refractivity contribution in [2.24, 2.45) is 0 Å². The number of hydrogen-bond donors (Lipinski definition) is 0. The number of para-hydroxylation sites is 3. The lowest BCUT2D eigenvalue weighted by Crippen LogP contribution is -2.49. The monoisotopic (exact) mass is 701 g/mol. The largest absolute Gasteiger partial charge is 0.294 e. The summed E-state index contributed by atoms with van der Waals surface area (Å²) in [6.07, 6.45) is 4.21. The molecule has 0 aliphatic heterocycles. The van der Waals surface area contributed by atoms with Crippen LogP contribution in [-0.4, -0.2) is 14.1 Å². The second-order valence-electron chi connectivity index (χ2n) is 15.7. The highest BCUT2D eigenvalue weighted by Gasteiger charge is 2.39. The van der Waals surface area contributed by atoms with Crippen LogP contribution < -0.4 is 4.57 Å². The van der Waals surface area contributed by atoms with Crippen molar-refractivity contribution >= 4 is 32.8 Å². The highest BCUT2D eigenvalue weighted by atomic mass is 15.2. The van der Waals surface area contributed by atoms with E-state index in [4.69, 9.17) is 4.98 Å². The molecule has 0 amide bonds. The second-order valence-corrected chi connectivity index (χ2v) is 15.7. The third-order valence-electron chi connectivity index (χ3n) is 11.1. The van der Waals surface area contributed by atoms with Crippen LogP contribution >= 0.6 is 0 Å². The first-order valence-electron chi connectivity index (χ1n) is 19.0. The molecule has 0 N–H and O–H groups in total. The predicted octanol–water partition coefficient (Wildman–Crippen LogP) is 11.7. The van der Waals surface area contributed by atoms with Crippen LogP contribution in [0.5, 0.6) is 0 Å². The molecule has 0 unspecified atom stereocenters. The molecule has 9 aromatic rings. The molecule has 4 heteroatoms. The van der Waals surface area contributed by atoms with Crippen molar-refractivity contribution in [1.82, 2.24) is 14.1 Å². The van der Waals surface area contributed by atoms with Gasteiger partial charge in [-0.1, -0.05) is 129 Å². The van der Waals surface area contributed by atoms with Crippen molar-refractivity contribution in [3.05, 3.63) is 204 Å². The number of benzene rings is 6. The number of fused-ring (bicyclic) bond motifs is 4. The lowest BCUT2D eigenvalue weighted by molar-refractivity contribution is -0.731. The molecular weight excluding hydrogens is 657 g/mol. The summed E-state index contributed by atoms with van der Waals surface area (Å²) in [6.45, 7) is 11.3. The maximum absolute atomic E-state index is 4.98. The van der Waals surface area contributed by atoms with Gasteiger partial charge in [0.15, 0.2) is 11.0 Å². The van der Waals surface area contributed by atoms with Gasteiger partial charge in [0.1, 0.15) is 17.0 Å². The molecule has 0 saturated heterocycles. The molecule has 0 aliphatic carbocycles. The molecule has 0 aliphatic rings. The minimum absolute atomic E-state index is 0.0856. The van der Waals surface area contributed by atoms with Crippen molar-refractivity contribution in [2.75, 3.05) is 0 Å². The van der Waals surface area contributed by atoms with Crippen LogP contribution in [0.2, 0.25) is 0 Å². The average Bonchev–Trinajstić information content (AvgIpc) is 3.76. The highest BCUT2D eigenvalue weighted by Crippen LogP contribution is 2.47. The Morgan fingerprint density at radius 2 is 1.15 bits per heavy atom. The van der Waals surface area contributed by atoms with E-state index in [1.54, 1.807) is 0 Å². The van der Waals surface area contributed by atoms with Crippen LogP contribution in [0.25, 0.3) is 44.3 Å². The third kappa shape index (κ3) is 5.36. The van der Waals surface area contributed by atoms with Gasteiger partial charge in [-0.15, -0.1) is 0 Å². The summed E-state index contributed by atoms with van der Waals surface area (Å²) in [7, 11) is 0. The summed E-state index contributed by atoms with van der Waals surface area (Å²) in [6, 6.07) is 60.1. The number of aromatic nitrogens is 4. The Hall–Kier alpha value is -6.26. The molecule has 264 valence electrons. The Kier molecular flexibility index (Phi) is 8.08. The van der Waals surface area contributed by atoms with E-state index in [2.05, 4.69) is 218 Å². The van der Waals surface area contributed by atoms with Gasteiger partial charge in [-0.25, -0.2) is 9.55 Å². The van der Waals surface area contributed by atoms with E-state index < -0.39 is 5.41 Å². The van der Waals surface area contributed by atoms with E-state index in [1.807, 2.05) is 6.20 Å². The van der Waals surface area contributed by atoms with Gasteiger partial charge in [0.25, 0.3) is 0 Å². The van der Waals surface area contributed by atoms with E-state index in [0.29, 0.717) is 5.92 Å². The zero-order valence-corrected chi connectivity index (χ0v) is 31.6. The average molecular weight is 702 g/mol. The summed E-state index contributed by atoms with van der Waals surface area (Å²) in [5, 5.41) is 2.43. The fraction of sp³-hybridized carbons (Fsp3) is 0.160. The fourth-order valence-corrected chi connectivity index (χ4v) is 8.48. The standard InChI is InChI=1S/C50H45N4/c1-35(2)36-29-30-51-48(31-36)54-44-24-13-12-23-42(44)43-28-27-40(33-47(43)54)50(37-17-8-6-9-18-37,38-19-10-7-11-20-38)39-21-16-22-41(32-39)52-34-53(49(3,4)5)46-26-15-14-25-45(46)52/h6-35H,1-5H3/q+1.